The number of rotatable bonds is 5. The van der Waals surface area contributed by atoms with E-state index >= 15 is 0 Å². The first-order valence-corrected chi connectivity index (χ1v) is 6.86. The molecule has 118 valence electrons. The summed E-state index contributed by atoms with van der Waals surface area (Å²) >= 11 is 0. The molecule has 2 heterocycles. The number of carbonyl (C=O) groups is 1. The van der Waals surface area contributed by atoms with Gasteiger partial charge in [0.2, 0.25) is 5.69 Å². The van der Waals surface area contributed by atoms with Gasteiger partial charge < -0.3 is 5.32 Å². The molecule has 0 aromatic carbocycles. The Morgan fingerprint density at radius 3 is 2.77 bits per heavy atom. The van der Waals surface area contributed by atoms with Crippen molar-refractivity contribution in [3.63, 3.8) is 0 Å². The molecule has 2 aromatic rings. The van der Waals surface area contributed by atoms with Gasteiger partial charge in [-0.25, -0.2) is 0 Å². The average molecular weight is 306 g/mol. The Morgan fingerprint density at radius 1 is 1.55 bits per heavy atom. The van der Waals surface area contributed by atoms with Crippen LogP contribution < -0.4 is 5.32 Å². The summed E-state index contributed by atoms with van der Waals surface area (Å²) in [4.78, 5) is 22.7. The lowest BCUT2D eigenvalue weighted by molar-refractivity contribution is -0.385. The molecule has 0 saturated carbocycles. The fourth-order valence-electron chi connectivity index (χ4n) is 2.29. The van der Waals surface area contributed by atoms with Crippen molar-refractivity contribution in [2.24, 2.45) is 7.05 Å². The van der Waals surface area contributed by atoms with Crippen molar-refractivity contribution in [1.29, 1.82) is 0 Å². The van der Waals surface area contributed by atoms with Crippen LogP contribution in [0.4, 0.5) is 5.69 Å². The van der Waals surface area contributed by atoms with E-state index in [1.54, 1.807) is 4.68 Å². The first-order valence-electron chi connectivity index (χ1n) is 6.86. The lowest BCUT2D eigenvalue weighted by atomic mass is 10.1. The molecule has 9 heteroatoms. The molecule has 2 aromatic heterocycles. The van der Waals surface area contributed by atoms with Crippen LogP contribution >= 0.6 is 0 Å². The number of amides is 1. The van der Waals surface area contributed by atoms with Gasteiger partial charge in [0.1, 0.15) is 6.20 Å². The highest BCUT2D eigenvalue weighted by Gasteiger charge is 2.27. The van der Waals surface area contributed by atoms with Crippen molar-refractivity contribution in [2.75, 3.05) is 0 Å². The van der Waals surface area contributed by atoms with Crippen LogP contribution in [0.3, 0.4) is 0 Å². The third-order valence-corrected chi connectivity index (χ3v) is 3.45. The highest BCUT2D eigenvalue weighted by Crippen LogP contribution is 2.20. The molecule has 0 aliphatic rings. The van der Waals surface area contributed by atoms with Gasteiger partial charge in [-0.15, -0.1) is 0 Å². The minimum atomic E-state index is -0.618. The van der Waals surface area contributed by atoms with E-state index in [2.05, 4.69) is 15.5 Å². The predicted molar refractivity (Wildman–Crippen MR) is 78.4 cm³/mol. The minimum absolute atomic E-state index is 0.0719. The summed E-state index contributed by atoms with van der Waals surface area (Å²) in [6.45, 7) is 6.37. The van der Waals surface area contributed by atoms with E-state index in [0.717, 1.165) is 24.0 Å². The summed E-state index contributed by atoms with van der Waals surface area (Å²) in [6.07, 6.45) is 2.93. The maximum absolute atomic E-state index is 12.3. The van der Waals surface area contributed by atoms with E-state index in [1.165, 1.54) is 11.7 Å². The molecule has 22 heavy (non-hydrogen) atoms. The summed E-state index contributed by atoms with van der Waals surface area (Å²) in [7, 11) is 1.49. The molecule has 0 radical (unpaired) electrons. The zero-order valence-electron chi connectivity index (χ0n) is 12.9. The van der Waals surface area contributed by atoms with E-state index < -0.39 is 10.8 Å². The average Bonchev–Trinajstić information content (AvgIpc) is 3.01. The van der Waals surface area contributed by atoms with Gasteiger partial charge in [0, 0.05) is 25.4 Å². The molecule has 0 spiro atoms. The van der Waals surface area contributed by atoms with Crippen molar-refractivity contribution in [3.8, 4) is 0 Å². The summed E-state index contributed by atoms with van der Waals surface area (Å²) < 4.78 is 2.97. The van der Waals surface area contributed by atoms with Gasteiger partial charge in [0.15, 0.2) is 0 Å². The second kappa shape index (κ2) is 5.96. The Bertz CT molecular complexity index is 717. The molecular formula is C13H18N6O3. The van der Waals surface area contributed by atoms with Gasteiger partial charge >= 0.3 is 5.69 Å². The Hall–Kier alpha value is -2.71. The fraction of sp³-hybridized carbons (Fsp3) is 0.462. The van der Waals surface area contributed by atoms with Crippen LogP contribution in [-0.2, 0) is 13.6 Å². The van der Waals surface area contributed by atoms with Crippen molar-refractivity contribution in [2.45, 2.75) is 33.4 Å². The molecule has 1 N–H and O–H groups in total. The maximum atomic E-state index is 12.3. The quantitative estimate of drug-likeness (QED) is 0.662. The van der Waals surface area contributed by atoms with Crippen LogP contribution in [0.2, 0.25) is 0 Å². The van der Waals surface area contributed by atoms with Crippen LogP contribution in [0.1, 0.15) is 41.6 Å². The van der Waals surface area contributed by atoms with Crippen molar-refractivity contribution < 1.29 is 9.72 Å². The van der Waals surface area contributed by atoms with Crippen LogP contribution in [0, 0.1) is 17.0 Å². The largest absolute Gasteiger partial charge is 0.344 e. The molecule has 1 atom stereocenters. The topological polar surface area (TPSA) is 108 Å². The first kappa shape index (κ1) is 15.7. The number of hydrogen-bond donors (Lipinski definition) is 1. The highest BCUT2D eigenvalue weighted by atomic mass is 16.6. The number of nitro groups is 1. The summed E-state index contributed by atoms with van der Waals surface area (Å²) in [5.74, 6) is -0.539. The SMILES string of the molecule is CCn1cc(C(C)NC(=O)c2c([N+](=O)[O-])cnn2C)c(C)n1. The van der Waals surface area contributed by atoms with Crippen LogP contribution in [-0.4, -0.2) is 30.4 Å². The van der Waals surface area contributed by atoms with Crippen LogP contribution in [0.15, 0.2) is 12.4 Å². The molecule has 2 rings (SSSR count). The van der Waals surface area contributed by atoms with Crippen molar-refractivity contribution >= 4 is 11.6 Å². The van der Waals surface area contributed by atoms with Crippen LogP contribution in [0.5, 0.6) is 0 Å². The summed E-state index contributed by atoms with van der Waals surface area (Å²) in [5, 5.41) is 21.8. The third-order valence-electron chi connectivity index (χ3n) is 3.45. The molecule has 0 saturated heterocycles. The number of aryl methyl sites for hydroxylation is 3. The van der Waals surface area contributed by atoms with Gasteiger partial charge in [-0.05, 0) is 20.8 Å². The second-order valence-corrected chi connectivity index (χ2v) is 4.98. The monoisotopic (exact) mass is 306 g/mol. The Balaban J connectivity index is 2.23. The molecular weight excluding hydrogens is 288 g/mol. The van der Waals surface area contributed by atoms with Crippen molar-refractivity contribution in [3.05, 3.63) is 39.5 Å². The number of nitrogens with zero attached hydrogens (tertiary/aromatic N) is 5. The van der Waals surface area contributed by atoms with E-state index in [0.29, 0.717) is 0 Å². The molecule has 1 amide bonds. The number of nitrogens with one attached hydrogen (secondary N) is 1. The Labute approximate surface area is 127 Å². The fourth-order valence-corrected chi connectivity index (χ4v) is 2.29. The lowest BCUT2D eigenvalue weighted by Gasteiger charge is -2.13. The Morgan fingerprint density at radius 2 is 2.23 bits per heavy atom. The van der Waals surface area contributed by atoms with Gasteiger partial charge in [-0.2, -0.15) is 10.2 Å². The van der Waals surface area contributed by atoms with Crippen LogP contribution in [0.25, 0.3) is 0 Å². The first-order chi connectivity index (χ1) is 10.3. The highest BCUT2D eigenvalue weighted by molar-refractivity contribution is 5.96. The zero-order valence-corrected chi connectivity index (χ0v) is 12.9. The van der Waals surface area contributed by atoms with Gasteiger partial charge in [-0.3, -0.25) is 24.3 Å². The summed E-state index contributed by atoms with van der Waals surface area (Å²) in [6, 6.07) is -0.317. The van der Waals surface area contributed by atoms with E-state index in [1.807, 2.05) is 27.0 Å². The third kappa shape index (κ3) is 2.83. The predicted octanol–water partition coefficient (Wildman–Crippen LogP) is 1.34. The molecule has 9 nitrogen and oxygen atoms in total. The van der Waals surface area contributed by atoms with Gasteiger partial charge in [0.05, 0.1) is 16.7 Å². The molecule has 0 aliphatic heterocycles. The Kier molecular flexibility index (Phi) is 4.25. The number of hydrogen-bond acceptors (Lipinski definition) is 5. The smallest absolute Gasteiger partial charge is 0.320 e. The maximum Gasteiger partial charge on any atom is 0.320 e. The zero-order chi connectivity index (χ0) is 16.4. The number of carbonyl (C=O) groups excluding carboxylic acids is 1. The van der Waals surface area contributed by atoms with E-state index in [4.69, 9.17) is 0 Å². The molecule has 0 fully saturated rings. The molecule has 0 bridgehead atoms. The second-order valence-electron chi connectivity index (χ2n) is 4.98. The minimum Gasteiger partial charge on any atom is -0.344 e. The normalized spacial score (nSPS) is 12.2. The van der Waals surface area contributed by atoms with Crippen molar-refractivity contribution in [1.82, 2.24) is 24.9 Å². The molecule has 0 aliphatic carbocycles. The molecule has 1 unspecified atom stereocenters. The standard InChI is InChI=1S/C13H18N6O3/c1-5-18-7-10(9(3)16-18)8(2)15-13(20)12-11(19(21)22)6-14-17(12)4/h6-8H,5H2,1-4H3,(H,15,20). The van der Waals surface area contributed by atoms with E-state index in [9.17, 15) is 14.9 Å². The lowest BCUT2D eigenvalue weighted by Crippen LogP contribution is -2.29. The number of aromatic nitrogens is 4. The van der Waals surface area contributed by atoms with E-state index in [-0.39, 0.29) is 17.4 Å². The van der Waals surface area contributed by atoms with Gasteiger partial charge in [0.25, 0.3) is 5.91 Å². The van der Waals surface area contributed by atoms with Gasteiger partial charge in [-0.1, -0.05) is 0 Å². The summed E-state index contributed by atoms with van der Waals surface area (Å²) in [5.41, 5.74) is 1.31.